The van der Waals surface area contributed by atoms with Gasteiger partial charge in [0.2, 0.25) is 5.89 Å². The maximum absolute atomic E-state index is 10.9. The summed E-state index contributed by atoms with van der Waals surface area (Å²) in [6, 6.07) is 17.6. The number of thioether (sulfide) groups is 1. The van der Waals surface area contributed by atoms with E-state index in [2.05, 4.69) is 4.98 Å². The van der Waals surface area contributed by atoms with Gasteiger partial charge in [0.15, 0.2) is 0 Å². The zero-order valence-corrected chi connectivity index (χ0v) is 16.7. The van der Waals surface area contributed by atoms with Gasteiger partial charge in [0.1, 0.15) is 11.5 Å². The first kappa shape index (κ1) is 23.5. The van der Waals surface area contributed by atoms with Gasteiger partial charge in [-0.1, -0.05) is 30.3 Å². The number of benzene rings is 2. The standard InChI is InChI=1S/C22H23NO4S.Na.H/c1-15-20(23-21(27-15)18-8-4-3-5-9-18)11-12-26-19-10-6-7-17(13-19)14-28-16(2)22(24)25;;/h3-10,13,16H,11-12,14H2,1-2H3,(H,24,25);;. The number of rotatable bonds is 9. The predicted octanol–water partition coefficient (Wildman–Crippen LogP) is 4.33. The van der Waals surface area contributed by atoms with Crippen molar-refractivity contribution in [3.05, 3.63) is 71.6 Å². The molecule has 0 spiro atoms. The molecule has 0 aliphatic rings. The summed E-state index contributed by atoms with van der Waals surface area (Å²) in [5, 5.41) is 8.54. The van der Waals surface area contributed by atoms with Gasteiger partial charge < -0.3 is 14.3 Å². The minimum absolute atomic E-state index is 0. The summed E-state index contributed by atoms with van der Waals surface area (Å²) in [4.78, 5) is 15.5. The van der Waals surface area contributed by atoms with Crippen molar-refractivity contribution < 1.29 is 19.1 Å². The first-order valence-corrected chi connectivity index (χ1v) is 10.2. The van der Waals surface area contributed by atoms with E-state index in [4.69, 9.17) is 14.3 Å². The van der Waals surface area contributed by atoms with Gasteiger partial charge in [0, 0.05) is 17.7 Å². The Morgan fingerprint density at radius 2 is 1.97 bits per heavy atom. The fourth-order valence-corrected chi connectivity index (χ4v) is 3.41. The second-order valence-electron chi connectivity index (χ2n) is 6.43. The molecule has 5 nitrogen and oxygen atoms in total. The van der Waals surface area contributed by atoms with Crippen molar-refractivity contribution in [1.29, 1.82) is 0 Å². The van der Waals surface area contributed by atoms with Crippen LogP contribution in [0.4, 0.5) is 0 Å². The van der Waals surface area contributed by atoms with Crippen LogP contribution in [0, 0.1) is 6.92 Å². The average Bonchev–Trinajstić information content (AvgIpc) is 3.08. The number of ether oxygens (including phenoxy) is 1. The van der Waals surface area contributed by atoms with E-state index in [-0.39, 0.29) is 29.6 Å². The average molecular weight is 421 g/mol. The summed E-state index contributed by atoms with van der Waals surface area (Å²) in [5.41, 5.74) is 2.89. The number of hydrogen-bond acceptors (Lipinski definition) is 5. The molecule has 0 bridgehead atoms. The molecule has 0 aliphatic carbocycles. The van der Waals surface area contributed by atoms with Crippen LogP contribution >= 0.6 is 11.8 Å². The third kappa shape index (κ3) is 6.93. The topological polar surface area (TPSA) is 72.6 Å². The molecule has 3 aromatic rings. The van der Waals surface area contributed by atoms with Gasteiger partial charge in [-0.3, -0.25) is 4.79 Å². The van der Waals surface area contributed by atoms with E-state index in [0.29, 0.717) is 24.7 Å². The molecule has 0 saturated heterocycles. The third-order valence-corrected chi connectivity index (χ3v) is 5.47. The summed E-state index contributed by atoms with van der Waals surface area (Å²) in [5.74, 6) is 2.03. The molecular weight excluding hydrogens is 397 g/mol. The zero-order valence-electron chi connectivity index (χ0n) is 15.9. The van der Waals surface area contributed by atoms with Crippen molar-refractivity contribution >= 4 is 47.3 Å². The van der Waals surface area contributed by atoms with Crippen LogP contribution < -0.4 is 4.74 Å². The summed E-state index contributed by atoms with van der Waals surface area (Å²) in [7, 11) is 0. The van der Waals surface area contributed by atoms with E-state index in [1.807, 2.05) is 61.5 Å². The molecule has 3 rings (SSSR count). The Kier molecular flexibility index (Phi) is 9.30. The van der Waals surface area contributed by atoms with Gasteiger partial charge in [0.25, 0.3) is 0 Å². The number of carboxylic acids is 1. The van der Waals surface area contributed by atoms with Crippen LogP contribution in [-0.2, 0) is 17.0 Å². The van der Waals surface area contributed by atoms with E-state index >= 15 is 0 Å². The number of carbonyl (C=O) groups is 1. The van der Waals surface area contributed by atoms with Crippen molar-refractivity contribution in [2.75, 3.05) is 6.61 Å². The minimum atomic E-state index is -0.796. The number of aryl methyl sites for hydroxylation is 1. The van der Waals surface area contributed by atoms with E-state index < -0.39 is 11.2 Å². The number of nitrogens with zero attached hydrogens (tertiary/aromatic N) is 1. The Bertz CT molecular complexity index is 930. The molecule has 1 heterocycles. The molecular formula is C22H24NNaO4S. The van der Waals surface area contributed by atoms with Crippen molar-refractivity contribution in [3.8, 4) is 17.2 Å². The first-order valence-electron chi connectivity index (χ1n) is 9.11. The van der Waals surface area contributed by atoms with Gasteiger partial charge in [-0.25, -0.2) is 4.98 Å². The Labute approximate surface area is 197 Å². The van der Waals surface area contributed by atoms with Crippen molar-refractivity contribution in [2.24, 2.45) is 0 Å². The van der Waals surface area contributed by atoms with Crippen LogP contribution in [0.15, 0.2) is 59.0 Å². The Hall–Kier alpha value is -1.73. The van der Waals surface area contributed by atoms with Crippen LogP contribution in [-0.4, -0.2) is 57.5 Å². The van der Waals surface area contributed by atoms with E-state index in [1.54, 1.807) is 6.92 Å². The van der Waals surface area contributed by atoms with Gasteiger partial charge in [0.05, 0.1) is 17.6 Å². The molecule has 0 fully saturated rings. The van der Waals surface area contributed by atoms with Crippen LogP contribution in [0.25, 0.3) is 11.5 Å². The first-order chi connectivity index (χ1) is 13.5. The molecule has 7 heteroatoms. The number of aliphatic carboxylic acids is 1. The molecule has 2 aromatic carbocycles. The molecule has 29 heavy (non-hydrogen) atoms. The normalized spacial score (nSPS) is 11.5. The van der Waals surface area contributed by atoms with Gasteiger partial charge >= 0.3 is 35.5 Å². The quantitative estimate of drug-likeness (QED) is 0.519. The summed E-state index contributed by atoms with van der Waals surface area (Å²) in [6.07, 6.45) is 0.650. The van der Waals surface area contributed by atoms with E-state index in [1.165, 1.54) is 11.8 Å². The SMILES string of the molecule is Cc1oc(-c2ccccc2)nc1CCOc1cccc(CSC(C)C(=O)O)c1.[NaH]. The van der Waals surface area contributed by atoms with Crippen LogP contribution in [0.2, 0.25) is 0 Å². The number of aromatic nitrogens is 1. The van der Waals surface area contributed by atoms with Crippen molar-refractivity contribution in [3.63, 3.8) is 0 Å². The van der Waals surface area contributed by atoms with E-state index in [9.17, 15) is 4.79 Å². The Balaban J connectivity index is 0.00000300. The molecule has 148 valence electrons. The van der Waals surface area contributed by atoms with Gasteiger partial charge in [-0.05, 0) is 43.7 Å². The molecule has 1 atom stereocenters. The van der Waals surface area contributed by atoms with Gasteiger partial charge in [-0.15, -0.1) is 11.8 Å². The molecule has 1 aromatic heterocycles. The Morgan fingerprint density at radius 3 is 2.69 bits per heavy atom. The molecule has 1 unspecified atom stereocenters. The molecule has 1 N–H and O–H groups in total. The van der Waals surface area contributed by atoms with Crippen molar-refractivity contribution in [2.45, 2.75) is 31.3 Å². The van der Waals surface area contributed by atoms with Crippen LogP contribution in [0.5, 0.6) is 5.75 Å². The summed E-state index contributed by atoms with van der Waals surface area (Å²) in [6.45, 7) is 4.09. The second-order valence-corrected chi connectivity index (χ2v) is 7.75. The fraction of sp³-hybridized carbons (Fsp3) is 0.273. The fourth-order valence-electron chi connectivity index (χ4n) is 2.65. The zero-order chi connectivity index (χ0) is 19.9. The number of hydrogen-bond donors (Lipinski definition) is 1. The van der Waals surface area contributed by atoms with Crippen LogP contribution in [0.3, 0.4) is 0 Å². The molecule has 0 saturated carbocycles. The molecule has 0 radical (unpaired) electrons. The monoisotopic (exact) mass is 421 g/mol. The Morgan fingerprint density at radius 1 is 1.21 bits per heavy atom. The van der Waals surface area contributed by atoms with E-state index in [0.717, 1.165) is 28.3 Å². The van der Waals surface area contributed by atoms with Gasteiger partial charge in [-0.2, -0.15) is 0 Å². The summed E-state index contributed by atoms with van der Waals surface area (Å²) >= 11 is 1.39. The third-order valence-electron chi connectivity index (χ3n) is 4.27. The van der Waals surface area contributed by atoms with Crippen molar-refractivity contribution in [1.82, 2.24) is 4.98 Å². The number of oxazole rings is 1. The maximum atomic E-state index is 10.9. The molecule has 0 amide bonds. The predicted molar refractivity (Wildman–Crippen MR) is 118 cm³/mol. The number of carboxylic acid groups (broad SMARTS) is 1. The van der Waals surface area contributed by atoms with Crippen LogP contribution in [0.1, 0.15) is 23.9 Å². The summed E-state index contributed by atoms with van der Waals surface area (Å²) < 4.78 is 11.6. The molecule has 0 aliphatic heterocycles. The second kappa shape index (κ2) is 11.5.